The molecule has 6 N–H and O–H groups in total. The predicted octanol–water partition coefficient (Wildman–Crippen LogP) is 4.54. The highest BCUT2D eigenvalue weighted by Crippen LogP contribution is 2.32. The van der Waals surface area contributed by atoms with E-state index in [0.717, 1.165) is 12.4 Å². The summed E-state index contributed by atoms with van der Waals surface area (Å²) in [6.07, 6.45) is 0.663. The van der Waals surface area contributed by atoms with Crippen molar-refractivity contribution in [2.75, 3.05) is 5.32 Å². The Balaban J connectivity index is 1.73. The Morgan fingerprint density at radius 2 is 1.90 bits per heavy atom. The van der Waals surface area contributed by atoms with Crippen LogP contribution < -0.4 is 11.1 Å². The number of aliphatic imine (C=N–C) groups is 1. The molecule has 4 aromatic rings. The second-order valence-corrected chi connectivity index (χ2v) is 6.86. The van der Waals surface area contributed by atoms with Crippen LogP contribution in [-0.4, -0.2) is 26.5 Å². The van der Waals surface area contributed by atoms with Gasteiger partial charge in [0.2, 0.25) is 0 Å². The van der Waals surface area contributed by atoms with Gasteiger partial charge in [-0.1, -0.05) is 17.7 Å². The molecule has 12 heteroatoms. The summed E-state index contributed by atoms with van der Waals surface area (Å²) in [4.78, 5) is 6.37. The molecule has 0 saturated carbocycles. The van der Waals surface area contributed by atoms with E-state index in [1.165, 1.54) is 0 Å². The zero-order valence-electron chi connectivity index (χ0n) is 15.4. The number of benzene rings is 2. The van der Waals surface area contributed by atoms with Gasteiger partial charge < -0.3 is 21.1 Å². The molecule has 7 nitrogen and oxygen atoms in total. The van der Waals surface area contributed by atoms with Gasteiger partial charge >= 0.3 is 0 Å². The lowest BCUT2D eigenvalue weighted by Crippen LogP contribution is -2.10. The van der Waals surface area contributed by atoms with Crippen molar-refractivity contribution >= 4 is 46.0 Å². The van der Waals surface area contributed by atoms with E-state index < -0.39 is 40.4 Å². The van der Waals surface area contributed by atoms with Crippen LogP contribution in [0.25, 0.3) is 10.9 Å². The number of hydrogen-bond acceptors (Lipinski definition) is 5. The maximum Gasteiger partial charge on any atom is 0.199 e. The quantitative estimate of drug-likeness (QED) is 0.100. The van der Waals surface area contributed by atoms with Gasteiger partial charge in [-0.2, -0.15) is 5.10 Å². The fourth-order valence-corrected chi connectivity index (χ4v) is 3.21. The minimum absolute atomic E-state index is 0.0694. The van der Waals surface area contributed by atoms with E-state index in [1.54, 1.807) is 24.3 Å². The summed E-state index contributed by atoms with van der Waals surface area (Å²) in [5, 5.41) is 19.4. The number of aromatic amines is 2. The highest BCUT2D eigenvalue weighted by Gasteiger charge is 2.23. The van der Waals surface area contributed by atoms with E-state index in [9.17, 15) is 22.7 Å². The SMILES string of the molecule is NC(O)c1c(N=Cc2c[nH]c3c(F)c(F)c(F)c(F)c23)n[nH]c1Nc1cccc(Cl)c1. The molecule has 0 saturated heterocycles. The number of anilines is 2. The minimum atomic E-state index is -1.94. The van der Waals surface area contributed by atoms with Gasteiger partial charge in [0, 0.05) is 28.7 Å². The third-order valence-corrected chi connectivity index (χ3v) is 4.66. The summed E-state index contributed by atoms with van der Waals surface area (Å²) in [5.41, 5.74) is 5.62. The molecule has 1 unspecified atom stereocenters. The molecule has 2 aromatic heterocycles. The van der Waals surface area contributed by atoms with E-state index in [0.29, 0.717) is 10.7 Å². The molecule has 0 spiro atoms. The van der Waals surface area contributed by atoms with Crippen molar-refractivity contribution in [3.8, 4) is 0 Å². The van der Waals surface area contributed by atoms with Crippen LogP contribution in [0.4, 0.5) is 34.9 Å². The molecular weight excluding hydrogens is 440 g/mol. The van der Waals surface area contributed by atoms with Crippen LogP contribution in [-0.2, 0) is 0 Å². The number of H-pyrrole nitrogens is 2. The van der Waals surface area contributed by atoms with E-state index in [2.05, 4.69) is 25.5 Å². The number of fused-ring (bicyclic) bond motifs is 1. The Hall–Kier alpha value is -3.41. The van der Waals surface area contributed by atoms with Crippen LogP contribution >= 0.6 is 11.6 Å². The van der Waals surface area contributed by atoms with Crippen LogP contribution in [0.1, 0.15) is 17.4 Å². The van der Waals surface area contributed by atoms with Gasteiger partial charge in [-0.25, -0.2) is 22.6 Å². The topological polar surface area (TPSA) is 115 Å². The number of rotatable bonds is 5. The van der Waals surface area contributed by atoms with Gasteiger partial charge in [-0.3, -0.25) is 5.10 Å². The van der Waals surface area contributed by atoms with Gasteiger partial charge in [-0.15, -0.1) is 0 Å². The average Bonchev–Trinajstić information content (AvgIpc) is 3.33. The van der Waals surface area contributed by atoms with Crippen molar-refractivity contribution in [3.05, 3.63) is 69.9 Å². The van der Waals surface area contributed by atoms with E-state index in [-0.39, 0.29) is 22.8 Å². The fraction of sp³-hybridized carbons (Fsp3) is 0.0526. The standard InChI is InChI=1S/C19H13ClF4N6O/c20-8-2-1-3-9(4-8)28-19-11(17(25)31)18(29-30-19)27-6-7-5-26-16-10(7)12(21)13(22)14(23)15(16)24/h1-6,17,26,31H,25H2,(H2,28,29,30). The van der Waals surface area contributed by atoms with Crippen molar-refractivity contribution in [2.45, 2.75) is 6.23 Å². The van der Waals surface area contributed by atoms with Crippen molar-refractivity contribution in [1.29, 1.82) is 0 Å². The van der Waals surface area contributed by atoms with E-state index in [1.807, 2.05) is 0 Å². The van der Waals surface area contributed by atoms with Gasteiger partial charge in [0.15, 0.2) is 29.1 Å². The number of nitrogens with two attached hydrogens (primary N) is 1. The second kappa shape index (κ2) is 8.02. The normalized spacial score (nSPS) is 12.7. The molecule has 0 fully saturated rings. The molecular formula is C19H13ClF4N6O. The first kappa shape index (κ1) is 20.8. The number of aromatic nitrogens is 3. The highest BCUT2D eigenvalue weighted by molar-refractivity contribution is 6.30. The van der Waals surface area contributed by atoms with Gasteiger partial charge in [0.1, 0.15) is 12.0 Å². The first-order chi connectivity index (χ1) is 14.8. The van der Waals surface area contributed by atoms with Crippen LogP contribution in [0.3, 0.4) is 0 Å². The maximum atomic E-state index is 14.2. The largest absolute Gasteiger partial charge is 0.374 e. The van der Waals surface area contributed by atoms with Crippen LogP contribution in [0, 0.1) is 23.3 Å². The molecule has 0 radical (unpaired) electrons. The maximum absolute atomic E-state index is 14.2. The minimum Gasteiger partial charge on any atom is -0.374 e. The van der Waals surface area contributed by atoms with Gasteiger partial charge in [0.05, 0.1) is 16.5 Å². The third kappa shape index (κ3) is 3.74. The molecule has 1 atom stereocenters. The van der Waals surface area contributed by atoms with Crippen molar-refractivity contribution < 1.29 is 22.7 Å². The molecule has 0 aliphatic heterocycles. The van der Waals surface area contributed by atoms with Crippen LogP contribution in [0.2, 0.25) is 5.02 Å². The van der Waals surface area contributed by atoms with Crippen molar-refractivity contribution in [2.24, 2.45) is 10.7 Å². The zero-order valence-corrected chi connectivity index (χ0v) is 16.1. The molecule has 0 aliphatic rings. The van der Waals surface area contributed by atoms with Crippen molar-refractivity contribution in [3.63, 3.8) is 0 Å². The summed E-state index contributed by atoms with van der Waals surface area (Å²) in [7, 11) is 0. The third-order valence-electron chi connectivity index (χ3n) is 4.43. The second-order valence-electron chi connectivity index (χ2n) is 6.42. The lowest BCUT2D eigenvalue weighted by molar-refractivity contribution is 0.187. The lowest BCUT2D eigenvalue weighted by Gasteiger charge is -2.09. The summed E-state index contributed by atoms with van der Waals surface area (Å²) >= 11 is 5.94. The molecule has 0 aliphatic carbocycles. The molecule has 160 valence electrons. The van der Waals surface area contributed by atoms with Crippen LogP contribution in [0.15, 0.2) is 35.5 Å². The van der Waals surface area contributed by atoms with E-state index in [4.69, 9.17) is 17.3 Å². The fourth-order valence-electron chi connectivity index (χ4n) is 3.02. The Morgan fingerprint density at radius 1 is 1.16 bits per heavy atom. The Kier molecular flexibility index (Phi) is 5.39. The summed E-state index contributed by atoms with van der Waals surface area (Å²) in [5.74, 6) is -6.84. The van der Waals surface area contributed by atoms with Crippen molar-refractivity contribution in [1.82, 2.24) is 15.2 Å². The number of nitrogens with one attached hydrogen (secondary N) is 3. The summed E-state index contributed by atoms with van der Waals surface area (Å²) < 4.78 is 55.1. The first-order valence-electron chi connectivity index (χ1n) is 8.69. The molecule has 2 aromatic carbocycles. The summed E-state index contributed by atoms with van der Waals surface area (Å²) in [6.45, 7) is 0. The number of aliphatic hydroxyl groups is 1. The summed E-state index contributed by atoms with van der Waals surface area (Å²) in [6, 6.07) is 6.70. The average molecular weight is 453 g/mol. The molecule has 0 bridgehead atoms. The smallest absolute Gasteiger partial charge is 0.199 e. The molecule has 4 rings (SSSR count). The number of hydrogen-bond donors (Lipinski definition) is 5. The van der Waals surface area contributed by atoms with Gasteiger partial charge in [0.25, 0.3) is 0 Å². The zero-order chi connectivity index (χ0) is 22.3. The lowest BCUT2D eigenvalue weighted by atomic mass is 10.1. The number of nitrogens with zero attached hydrogens (tertiary/aromatic N) is 2. The van der Waals surface area contributed by atoms with Gasteiger partial charge in [-0.05, 0) is 18.2 Å². The Labute approximate surface area is 176 Å². The number of halogens is 5. The Bertz CT molecular complexity index is 1320. The molecule has 0 amide bonds. The number of aliphatic hydroxyl groups excluding tert-OH is 1. The molecule has 31 heavy (non-hydrogen) atoms. The van der Waals surface area contributed by atoms with Crippen LogP contribution in [0.5, 0.6) is 0 Å². The van der Waals surface area contributed by atoms with E-state index >= 15 is 0 Å². The Morgan fingerprint density at radius 3 is 2.61 bits per heavy atom. The monoisotopic (exact) mass is 452 g/mol. The first-order valence-corrected chi connectivity index (χ1v) is 9.07. The predicted molar refractivity (Wildman–Crippen MR) is 108 cm³/mol. The molecule has 2 heterocycles. The highest BCUT2D eigenvalue weighted by atomic mass is 35.5.